The molecule has 0 amide bonds. The summed E-state index contributed by atoms with van der Waals surface area (Å²) >= 11 is 6.73. The molecule has 0 spiro atoms. The van der Waals surface area contributed by atoms with Crippen molar-refractivity contribution in [3.05, 3.63) is 33.0 Å². The van der Waals surface area contributed by atoms with E-state index in [0.717, 1.165) is 14.6 Å². The number of halogens is 2. The van der Waals surface area contributed by atoms with Crippen LogP contribution in [0, 0.1) is 6.92 Å². The van der Waals surface area contributed by atoms with Gasteiger partial charge in [-0.3, -0.25) is 4.98 Å². The molecular formula is C10H8Br2N4. The SMILES string of the molecule is Cc1nc(-c2ncccc2Br)nc(N)c1Br. The van der Waals surface area contributed by atoms with Gasteiger partial charge in [-0.15, -0.1) is 0 Å². The number of nitrogens with two attached hydrogens (primary N) is 1. The second kappa shape index (κ2) is 4.47. The van der Waals surface area contributed by atoms with E-state index in [2.05, 4.69) is 46.8 Å². The van der Waals surface area contributed by atoms with Gasteiger partial charge in [-0.25, -0.2) is 9.97 Å². The molecule has 4 nitrogen and oxygen atoms in total. The topological polar surface area (TPSA) is 64.7 Å². The van der Waals surface area contributed by atoms with Crippen LogP contribution in [0.25, 0.3) is 11.5 Å². The predicted octanol–water partition coefficient (Wildman–Crippen LogP) is 2.95. The van der Waals surface area contributed by atoms with Crippen molar-refractivity contribution in [3.8, 4) is 11.5 Å². The lowest BCUT2D eigenvalue weighted by molar-refractivity contribution is 1.08. The van der Waals surface area contributed by atoms with Gasteiger partial charge in [-0.05, 0) is 50.9 Å². The van der Waals surface area contributed by atoms with Crippen molar-refractivity contribution >= 4 is 37.7 Å². The molecule has 2 aromatic heterocycles. The number of nitrogens with zero attached hydrogens (tertiary/aromatic N) is 3. The van der Waals surface area contributed by atoms with Crippen LogP contribution in [0.3, 0.4) is 0 Å². The standard InChI is InChI=1S/C10H8Br2N4/c1-5-7(12)9(13)16-10(15-5)8-6(11)3-2-4-14-8/h2-4H,1H3,(H2,13,15,16). The maximum atomic E-state index is 5.77. The van der Waals surface area contributed by atoms with E-state index in [-0.39, 0.29) is 0 Å². The molecule has 0 bridgehead atoms. The summed E-state index contributed by atoms with van der Waals surface area (Å²) in [5, 5.41) is 0. The van der Waals surface area contributed by atoms with E-state index in [4.69, 9.17) is 5.73 Å². The number of aromatic nitrogens is 3. The minimum Gasteiger partial charge on any atom is -0.383 e. The molecule has 2 N–H and O–H groups in total. The summed E-state index contributed by atoms with van der Waals surface area (Å²) in [4.78, 5) is 12.7. The van der Waals surface area contributed by atoms with Crippen molar-refractivity contribution in [2.75, 3.05) is 5.73 Å². The summed E-state index contributed by atoms with van der Waals surface area (Å²) in [5.74, 6) is 0.936. The zero-order valence-corrected chi connectivity index (χ0v) is 11.6. The summed E-state index contributed by atoms with van der Waals surface area (Å²) in [7, 11) is 0. The third kappa shape index (κ3) is 2.08. The van der Waals surface area contributed by atoms with Crippen molar-refractivity contribution in [1.82, 2.24) is 15.0 Å². The fraction of sp³-hybridized carbons (Fsp3) is 0.100. The maximum Gasteiger partial charge on any atom is 0.181 e. The Hall–Kier alpha value is -1.01. The van der Waals surface area contributed by atoms with Gasteiger partial charge < -0.3 is 5.73 Å². The number of hydrogen-bond donors (Lipinski definition) is 1. The second-order valence-corrected chi connectivity index (χ2v) is 4.81. The predicted molar refractivity (Wildman–Crippen MR) is 69.8 cm³/mol. The lowest BCUT2D eigenvalue weighted by Gasteiger charge is -2.06. The molecule has 82 valence electrons. The minimum absolute atomic E-state index is 0.417. The van der Waals surface area contributed by atoms with E-state index in [1.807, 2.05) is 19.1 Å². The Balaban J connectivity index is 2.62. The number of aryl methyl sites for hydroxylation is 1. The highest BCUT2D eigenvalue weighted by Crippen LogP contribution is 2.27. The summed E-state index contributed by atoms with van der Waals surface area (Å²) in [6, 6.07) is 3.72. The Kier molecular flexibility index (Phi) is 3.20. The Morgan fingerprint density at radius 3 is 2.62 bits per heavy atom. The molecule has 0 aliphatic rings. The smallest absolute Gasteiger partial charge is 0.181 e. The zero-order chi connectivity index (χ0) is 11.7. The van der Waals surface area contributed by atoms with Gasteiger partial charge in [-0.1, -0.05) is 0 Å². The quantitative estimate of drug-likeness (QED) is 0.864. The van der Waals surface area contributed by atoms with E-state index in [1.165, 1.54) is 0 Å². The number of rotatable bonds is 1. The average Bonchev–Trinajstić information content (AvgIpc) is 2.26. The van der Waals surface area contributed by atoms with Gasteiger partial charge in [0, 0.05) is 10.7 Å². The number of hydrogen-bond acceptors (Lipinski definition) is 4. The fourth-order valence-electron chi connectivity index (χ4n) is 1.24. The van der Waals surface area contributed by atoms with Crippen LogP contribution in [0.5, 0.6) is 0 Å². The van der Waals surface area contributed by atoms with Gasteiger partial charge in [0.05, 0.1) is 10.2 Å². The van der Waals surface area contributed by atoms with Crippen LogP contribution in [0.15, 0.2) is 27.3 Å². The van der Waals surface area contributed by atoms with Crippen LogP contribution in [0.2, 0.25) is 0 Å². The largest absolute Gasteiger partial charge is 0.383 e. The Bertz CT molecular complexity index is 519. The maximum absolute atomic E-state index is 5.77. The molecule has 0 aliphatic carbocycles. The van der Waals surface area contributed by atoms with Crippen LogP contribution in [0.1, 0.15) is 5.69 Å². The highest BCUT2D eigenvalue weighted by atomic mass is 79.9. The first-order chi connectivity index (χ1) is 7.59. The third-order valence-corrected chi connectivity index (χ3v) is 3.63. The molecule has 0 unspecified atom stereocenters. The molecule has 0 radical (unpaired) electrons. The second-order valence-electron chi connectivity index (χ2n) is 3.17. The Labute approximate surface area is 110 Å². The van der Waals surface area contributed by atoms with Gasteiger partial charge in [0.15, 0.2) is 5.82 Å². The van der Waals surface area contributed by atoms with Gasteiger partial charge in [0.1, 0.15) is 11.5 Å². The highest BCUT2D eigenvalue weighted by Gasteiger charge is 2.11. The van der Waals surface area contributed by atoms with Crippen LogP contribution >= 0.6 is 31.9 Å². The van der Waals surface area contributed by atoms with Crippen LogP contribution in [-0.2, 0) is 0 Å². The van der Waals surface area contributed by atoms with E-state index in [1.54, 1.807) is 6.20 Å². The number of pyridine rings is 1. The lowest BCUT2D eigenvalue weighted by Crippen LogP contribution is -2.01. The molecule has 2 rings (SSSR count). The first-order valence-electron chi connectivity index (χ1n) is 4.50. The molecule has 0 aromatic carbocycles. The molecule has 0 saturated heterocycles. The summed E-state index contributed by atoms with van der Waals surface area (Å²) in [5.41, 5.74) is 7.24. The average molecular weight is 344 g/mol. The monoisotopic (exact) mass is 342 g/mol. The summed E-state index contributed by atoms with van der Waals surface area (Å²) < 4.78 is 1.57. The molecular weight excluding hydrogens is 336 g/mol. The third-order valence-electron chi connectivity index (χ3n) is 2.01. The zero-order valence-electron chi connectivity index (χ0n) is 8.41. The molecule has 6 heteroatoms. The molecule has 0 atom stereocenters. The molecule has 0 fully saturated rings. The van der Waals surface area contributed by atoms with Crippen LogP contribution in [-0.4, -0.2) is 15.0 Å². The van der Waals surface area contributed by atoms with Gasteiger partial charge in [0.2, 0.25) is 0 Å². The Morgan fingerprint density at radius 2 is 2.00 bits per heavy atom. The summed E-state index contributed by atoms with van der Waals surface area (Å²) in [6.07, 6.45) is 1.69. The lowest BCUT2D eigenvalue weighted by atomic mass is 10.3. The number of nitrogen functional groups attached to an aromatic ring is 1. The molecule has 0 saturated carbocycles. The molecule has 2 heterocycles. The van der Waals surface area contributed by atoms with Crippen molar-refractivity contribution in [2.45, 2.75) is 6.92 Å². The van der Waals surface area contributed by atoms with Crippen molar-refractivity contribution in [1.29, 1.82) is 0 Å². The van der Waals surface area contributed by atoms with E-state index < -0.39 is 0 Å². The summed E-state index contributed by atoms with van der Waals surface area (Å²) in [6.45, 7) is 1.86. The first-order valence-corrected chi connectivity index (χ1v) is 6.08. The van der Waals surface area contributed by atoms with Crippen LogP contribution < -0.4 is 5.73 Å². The van der Waals surface area contributed by atoms with Crippen molar-refractivity contribution in [2.24, 2.45) is 0 Å². The first kappa shape index (κ1) is 11.5. The normalized spacial score (nSPS) is 10.4. The van der Waals surface area contributed by atoms with E-state index in [9.17, 15) is 0 Å². The van der Waals surface area contributed by atoms with Gasteiger partial charge in [-0.2, -0.15) is 0 Å². The minimum atomic E-state index is 0.417. The van der Waals surface area contributed by atoms with Crippen molar-refractivity contribution in [3.63, 3.8) is 0 Å². The van der Waals surface area contributed by atoms with Gasteiger partial charge >= 0.3 is 0 Å². The Morgan fingerprint density at radius 1 is 1.25 bits per heavy atom. The molecule has 2 aromatic rings. The molecule has 16 heavy (non-hydrogen) atoms. The van der Waals surface area contributed by atoms with Crippen molar-refractivity contribution < 1.29 is 0 Å². The fourth-order valence-corrected chi connectivity index (χ4v) is 1.85. The van der Waals surface area contributed by atoms with E-state index >= 15 is 0 Å². The highest BCUT2D eigenvalue weighted by molar-refractivity contribution is 9.11. The van der Waals surface area contributed by atoms with Crippen LogP contribution in [0.4, 0.5) is 5.82 Å². The molecule has 0 aliphatic heterocycles. The van der Waals surface area contributed by atoms with Gasteiger partial charge in [0.25, 0.3) is 0 Å². The number of anilines is 1. The van der Waals surface area contributed by atoms with E-state index in [0.29, 0.717) is 17.3 Å².